The van der Waals surface area contributed by atoms with Gasteiger partial charge in [0, 0.05) is 25.0 Å². The Balaban J connectivity index is 1.87. The Kier molecular flexibility index (Phi) is 4.42. The first-order chi connectivity index (χ1) is 11.6. The number of para-hydroxylation sites is 1. The van der Waals surface area contributed by atoms with Crippen molar-refractivity contribution in [1.82, 2.24) is 0 Å². The molecule has 0 amide bonds. The third kappa shape index (κ3) is 3.35. The molecule has 24 heavy (non-hydrogen) atoms. The number of esters is 1. The Morgan fingerprint density at radius 3 is 2.83 bits per heavy atom. The van der Waals surface area contributed by atoms with E-state index in [1.54, 1.807) is 36.4 Å². The summed E-state index contributed by atoms with van der Waals surface area (Å²) in [6, 6.07) is 10.1. The van der Waals surface area contributed by atoms with Gasteiger partial charge in [-0.05, 0) is 34.9 Å². The molecule has 0 radical (unpaired) electrons. The lowest BCUT2D eigenvalue weighted by molar-refractivity contribution is -0.142. The van der Waals surface area contributed by atoms with Crippen LogP contribution in [-0.4, -0.2) is 12.3 Å². The fourth-order valence-electron chi connectivity index (χ4n) is 2.57. The summed E-state index contributed by atoms with van der Waals surface area (Å²) in [5.41, 5.74) is 2.36. The normalized spacial score (nSPS) is 12.3. The van der Waals surface area contributed by atoms with Gasteiger partial charge in [-0.25, -0.2) is 4.39 Å². The van der Waals surface area contributed by atoms with Crippen molar-refractivity contribution in [2.24, 2.45) is 0 Å². The van der Waals surface area contributed by atoms with Gasteiger partial charge in [-0.1, -0.05) is 18.2 Å². The molecule has 122 valence electrons. The van der Waals surface area contributed by atoms with Crippen LogP contribution in [0.15, 0.2) is 42.0 Å². The first-order valence-corrected chi connectivity index (χ1v) is 7.44. The van der Waals surface area contributed by atoms with Crippen LogP contribution < -0.4 is 4.74 Å². The number of fused-ring (bicyclic) bond motifs is 1. The number of halogens is 1. The third-order valence-corrected chi connectivity index (χ3v) is 3.71. The van der Waals surface area contributed by atoms with Crippen molar-refractivity contribution in [3.63, 3.8) is 0 Å². The second-order valence-corrected chi connectivity index (χ2v) is 5.48. The van der Waals surface area contributed by atoms with Crippen molar-refractivity contribution in [3.8, 4) is 11.5 Å². The number of aldehydes is 1. The van der Waals surface area contributed by atoms with Crippen LogP contribution in [0.2, 0.25) is 0 Å². The lowest BCUT2D eigenvalue weighted by Crippen LogP contribution is -2.01. The average Bonchev–Trinajstić information content (AvgIpc) is 2.98. The molecule has 1 aliphatic carbocycles. The molecule has 0 bridgehead atoms. The van der Waals surface area contributed by atoms with Crippen molar-refractivity contribution < 1.29 is 23.5 Å². The molecule has 5 heteroatoms. The molecule has 3 rings (SSSR count). The molecule has 0 saturated carbocycles. The van der Waals surface area contributed by atoms with Gasteiger partial charge in [-0.15, -0.1) is 0 Å². The predicted molar refractivity (Wildman–Crippen MR) is 86.1 cm³/mol. The van der Waals surface area contributed by atoms with Crippen LogP contribution in [0.1, 0.15) is 23.6 Å². The zero-order chi connectivity index (χ0) is 17.1. The average molecular weight is 326 g/mol. The molecule has 0 N–H and O–H groups in total. The summed E-state index contributed by atoms with van der Waals surface area (Å²) < 4.78 is 25.0. The second kappa shape index (κ2) is 6.66. The summed E-state index contributed by atoms with van der Waals surface area (Å²) in [4.78, 5) is 21.8. The topological polar surface area (TPSA) is 52.6 Å². The predicted octanol–water partition coefficient (Wildman–Crippen LogP) is 3.82. The highest BCUT2D eigenvalue weighted by molar-refractivity contribution is 5.86. The van der Waals surface area contributed by atoms with Gasteiger partial charge in [-0.3, -0.25) is 9.59 Å². The van der Waals surface area contributed by atoms with Crippen molar-refractivity contribution in [2.45, 2.75) is 20.0 Å². The van der Waals surface area contributed by atoms with Gasteiger partial charge in [0.15, 0.2) is 0 Å². The van der Waals surface area contributed by atoms with Crippen molar-refractivity contribution in [2.75, 3.05) is 0 Å². The van der Waals surface area contributed by atoms with Gasteiger partial charge in [0.25, 0.3) is 0 Å². The molecule has 1 aliphatic rings. The standard InChI is InChI=1S/C19H15FO4/c1-12(22)23-11-14-4-2-3-5-19(14)24-16-8-15-6-13(10-21)7-17(15)18(20)9-16/h2-6,8-10H,7,11H2,1H3. The summed E-state index contributed by atoms with van der Waals surface area (Å²) in [6.45, 7) is 1.41. The minimum absolute atomic E-state index is 0.0775. The van der Waals surface area contributed by atoms with Gasteiger partial charge >= 0.3 is 5.97 Å². The van der Waals surface area contributed by atoms with Gasteiger partial charge in [0.05, 0.1) is 0 Å². The Labute approximate surface area is 138 Å². The first kappa shape index (κ1) is 15.9. The van der Waals surface area contributed by atoms with Gasteiger partial charge in [0.1, 0.15) is 30.2 Å². The molecular weight excluding hydrogens is 311 g/mol. The molecule has 0 spiro atoms. The SMILES string of the molecule is CC(=O)OCc1ccccc1Oc1cc(F)c2c(c1)C=C(C=O)C2. The molecule has 2 aromatic rings. The van der Waals surface area contributed by atoms with Crippen LogP contribution in [0.3, 0.4) is 0 Å². The second-order valence-electron chi connectivity index (χ2n) is 5.48. The van der Waals surface area contributed by atoms with Crippen molar-refractivity contribution in [1.29, 1.82) is 0 Å². The fourth-order valence-corrected chi connectivity index (χ4v) is 2.57. The van der Waals surface area contributed by atoms with Crippen molar-refractivity contribution in [3.05, 3.63) is 64.5 Å². The summed E-state index contributed by atoms with van der Waals surface area (Å²) in [7, 11) is 0. The van der Waals surface area contributed by atoms with Gasteiger partial charge < -0.3 is 9.47 Å². The maximum Gasteiger partial charge on any atom is 0.302 e. The van der Waals surface area contributed by atoms with E-state index in [9.17, 15) is 14.0 Å². The number of ether oxygens (including phenoxy) is 2. The molecular formula is C19H15FO4. The minimum Gasteiger partial charge on any atom is -0.461 e. The van der Waals surface area contributed by atoms with E-state index in [2.05, 4.69) is 0 Å². The smallest absolute Gasteiger partial charge is 0.302 e. The van der Waals surface area contributed by atoms with E-state index in [4.69, 9.17) is 9.47 Å². The van der Waals surface area contributed by atoms with E-state index in [1.807, 2.05) is 0 Å². The third-order valence-electron chi connectivity index (χ3n) is 3.71. The summed E-state index contributed by atoms with van der Waals surface area (Å²) in [5.74, 6) is 0.00795. The van der Waals surface area contributed by atoms with Crippen LogP contribution in [0.5, 0.6) is 11.5 Å². The molecule has 0 fully saturated rings. The maximum absolute atomic E-state index is 14.2. The first-order valence-electron chi connectivity index (χ1n) is 7.44. The zero-order valence-corrected chi connectivity index (χ0v) is 13.0. The number of benzene rings is 2. The number of hydrogen-bond donors (Lipinski definition) is 0. The van der Waals surface area contributed by atoms with Crippen LogP contribution in [0, 0.1) is 5.82 Å². The number of rotatable bonds is 5. The van der Waals surface area contributed by atoms with Crippen LogP contribution in [0.4, 0.5) is 4.39 Å². The molecule has 0 atom stereocenters. The molecule has 0 aromatic heterocycles. The highest BCUT2D eigenvalue weighted by atomic mass is 19.1. The summed E-state index contributed by atoms with van der Waals surface area (Å²) in [6.07, 6.45) is 2.69. The Morgan fingerprint density at radius 1 is 1.29 bits per heavy atom. The Bertz CT molecular complexity index is 839. The molecule has 4 nitrogen and oxygen atoms in total. The molecule has 0 heterocycles. The Morgan fingerprint density at radius 2 is 2.08 bits per heavy atom. The molecule has 0 aliphatic heterocycles. The number of carbonyl (C=O) groups is 2. The minimum atomic E-state index is -0.409. The zero-order valence-electron chi connectivity index (χ0n) is 13.0. The van der Waals surface area contributed by atoms with E-state index in [1.165, 1.54) is 13.0 Å². The number of hydrogen-bond acceptors (Lipinski definition) is 4. The summed E-state index contributed by atoms with van der Waals surface area (Å²) >= 11 is 0. The highest BCUT2D eigenvalue weighted by Gasteiger charge is 2.18. The quantitative estimate of drug-likeness (QED) is 0.619. The summed E-state index contributed by atoms with van der Waals surface area (Å²) in [5, 5.41) is 0. The van der Waals surface area contributed by atoms with E-state index < -0.39 is 5.82 Å². The van der Waals surface area contributed by atoms with Crippen molar-refractivity contribution >= 4 is 18.3 Å². The van der Waals surface area contributed by atoms with E-state index >= 15 is 0 Å². The van der Waals surface area contributed by atoms with Crippen LogP contribution >= 0.6 is 0 Å². The highest BCUT2D eigenvalue weighted by Crippen LogP contribution is 2.33. The van der Waals surface area contributed by atoms with Crippen LogP contribution in [-0.2, 0) is 27.4 Å². The molecule has 2 aromatic carbocycles. The number of allylic oxidation sites excluding steroid dienone is 1. The van der Waals surface area contributed by atoms with Crippen LogP contribution in [0.25, 0.3) is 6.08 Å². The molecule has 0 unspecified atom stereocenters. The lowest BCUT2D eigenvalue weighted by Gasteiger charge is -2.12. The van der Waals surface area contributed by atoms with Gasteiger partial charge in [-0.2, -0.15) is 0 Å². The van der Waals surface area contributed by atoms with Gasteiger partial charge in [0.2, 0.25) is 0 Å². The van der Waals surface area contributed by atoms with E-state index in [-0.39, 0.29) is 12.6 Å². The largest absolute Gasteiger partial charge is 0.461 e. The monoisotopic (exact) mass is 326 g/mol. The maximum atomic E-state index is 14.2. The molecule has 0 saturated heterocycles. The number of carbonyl (C=O) groups excluding carboxylic acids is 2. The van der Waals surface area contributed by atoms with E-state index in [0.29, 0.717) is 40.2 Å². The van der Waals surface area contributed by atoms with E-state index in [0.717, 1.165) is 6.29 Å². The fraction of sp³-hybridized carbons (Fsp3) is 0.158. The lowest BCUT2D eigenvalue weighted by atomic mass is 10.1. The Hall–Kier alpha value is -2.95.